The van der Waals surface area contributed by atoms with Crippen LogP contribution in [-0.4, -0.2) is 34.0 Å². The number of sulfonamides is 1. The lowest BCUT2D eigenvalue weighted by atomic mass is 10.0. The van der Waals surface area contributed by atoms with Crippen LogP contribution in [-0.2, 0) is 10.0 Å². The summed E-state index contributed by atoms with van der Waals surface area (Å²) >= 11 is 0. The lowest BCUT2D eigenvalue weighted by Gasteiger charge is -2.27. The molecule has 2 aromatic carbocycles. The first-order chi connectivity index (χ1) is 12.3. The quantitative estimate of drug-likeness (QED) is 0.717. The van der Waals surface area contributed by atoms with Crippen LogP contribution >= 0.6 is 0 Å². The van der Waals surface area contributed by atoms with Gasteiger partial charge in [0.2, 0.25) is 0 Å². The Labute approximate surface area is 151 Å². The minimum atomic E-state index is -3.95. The van der Waals surface area contributed by atoms with E-state index in [2.05, 4.69) is 15.4 Å². The summed E-state index contributed by atoms with van der Waals surface area (Å²) in [5.41, 5.74) is 0.959. The van der Waals surface area contributed by atoms with Crippen molar-refractivity contribution in [3.8, 4) is 0 Å². The number of aryl methyl sites for hydroxylation is 1. The smallest absolute Gasteiger partial charge is 0.261 e. The van der Waals surface area contributed by atoms with E-state index in [1.807, 2.05) is 0 Å². The Balaban J connectivity index is 1.72. The van der Waals surface area contributed by atoms with E-state index in [0.29, 0.717) is 23.6 Å². The van der Waals surface area contributed by atoms with E-state index in [1.165, 1.54) is 24.3 Å². The van der Waals surface area contributed by atoms with Gasteiger partial charge >= 0.3 is 0 Å². The van der Waals surface area contributed by atoms with E-state index in [0.717, 1.165) is 19.2 Å². The Morgan fingerprint density at radius 3 is 2.65 bits per heavy atom. The first kappa shape index (κ1) is 18.3. The molecule has 138 valence electrons. The SMILES string of the molecule is Cc1ccc(S(=O)(=O)Nc2cccc(C(=O)NCC3CNC3)c2)cc1F. The Hall–Kier alpha value is -2.45. The molecule has 1 saturated heterocycles. The van der Waals surface area contributed by atoms with E-state index in [9.17, 15) is 17.6 Å². The van der Waals surface area contributed by atoms with Crippen LogP contribution in [0, 0.1) is 18.7 Å². The number of amides is 1. The molecule has 1 fully saturated rings. The average molecular weight is 377 g/mol. The fourth-order valence-corrected chi connectivity index (χ4v) is 3.57. The number of anilines is 1. The molecule has 26 heavy (non-hydrogen) atoms. The molecule has 0 saturated carbocycles. The molecule has 0 atom stereocenters. The van der Waals surface area contributed by atoms with Crippen molar-refractivity contribution in [2.24, 2.45) is 5.92 Å². The van der Waals surface area contributed by atoms with Crippen LogP contribution in [0.4, 0.5) is 10.1 Å². The van der Waals surface area contributed by atoms with Crippen molar-refractivity contribution >= 4 is 21.6 Å². The lowest BCUT2D eigenvalue weighted by molar-refractivity contribution is 0.0942. The molecule has 0 aliphatic carbocycles. The molecule has 3 N–H and O–H groups in total. The molecule has 8 heteroatoms. The molecule has 0 bridgehead atoms. The van der Waals surface area contributed by atoms with E-state index >= 15 is 0 Å². The van der Waals surface area contributed by atoms with Gasteiger partial charge in [-0.2, -0.15) is 0 Å². The summed E-state index contributed by atoms with van der Waals surface area (Å²) in [4.78, 5) is 12.0. The van der Waals surface area contributed by atoms with E-state index in [1.54, 1.807) is 19.1 Å². The molecular weight excluding hydrogens is 357 g/mol. The highest BCUT2D eigenvalue weighted by molar-refractivity contribution is 7.92. The van der Waals surface area contributed by atoms with Crippen molar-refractivity contribution in [1.82, 2.24) is 10.6 Å². The summed E-state index contributed by atoms with van der Waals surface area (Å²) in [7, 11) is -3.95. The van der Waals surface area contributed by atoms with Crippen LogP contribution in [0.1, 0.15) is 15.9 Å². The summed E-state index contributed by atoms with van der Waals surface area (Å²) in [6.45, 7) is 3.89. The van der Waals surface area contributed by atoms with Crippen LogP contribution in [0.5, 0.6) is 0 Å². The second kappa shape index (κ2) is 7.43. The van der Waals surface area contributed by atoms with Crippen LogP contribution in [0.3, 0.4) is 0 Å². The van der Waals surface area contributed by atoms with Gasteiger partial charge in [-0.1, -0.05) is 12.1 Å². The fraction of sp³-hybridized carbons (Fsp3) is 0.278. The van der Waals surface area contributed by atoms with Gasteiger partial charge in [0.05, 0.1) is 4.90 Å². The average Bonchev–Trinajstić information content (AvgIpc) is 2.55. The van der Waals surface area contributed by atoms with Crippen molar-refractivity contribution in [2.75, 3.05) is 24.4 Å². The molecule has 2 aromatic rings. The largest absolute Gasteiger partial charge is 0.352 e. The van der Waals surface area contributed by atoms with Gasteiger partial charge in [0.1, 0.15) is 5.82 Å². The molecule has 1 heterocycles. The molecule has 1 aliphatic heterocycles. The maximum Gasteiger partial charge on any atom is 0.261 e. The fourth-order valence-electron chi connectivity index (χ4n) is 2.51. The molecule has 1 amide bonds. The zero-order valence-corrected chi connectivity index (χ0v) is 15.1. The molecule has 0 unspecified atom stereocenters. The molecule has 3 rings (SSSR count). The highest BCUT2D eigenvalue weighted by Gasteiger charge is 2.19. The van der Waals surface area contributed by atoms with Gasteiger partial charge in [0.25, 0.3) is 15.9 Å². The number of nitrogens with one attached hydrogen (secondary N) is 3. The van der Waals surface area contributed by atoms with Gasteiger partial charge in [-0.3, -0.25) is 9.52 Å². The van der Waals surface area contributed by atoms with Crippen molar-refractivity contribution in [1.29, 1.82) is 0 Å². The standard InChI is InChI=1S/C18H20FN3O3S/c1-12-5-6-16(8-17(12)19)26(24,25)22-15-4-2-3-14(7-15)18(23)21-11-13-9-20-10-13/h2-8,13,20,22H,9-11H2,1H3,(H,21,23). The Bertz CT molecular complexity index is 927. The predicted molar refractivity (Wildman–Crippen MR) is 97.1 cm³/mol. The number of benzene rings is 2. The monoisotopic (exact) mass is 377 g/mol. The Kier molecular flexibility index (Phi) is 5.24. The number of hydrogen-bond acceptors (Lipinski definition) is 4. The van der Waals surface area contributed by atoms with Crippen molar-refractivity contribution in [3.05, 3.63) is 59.4 Å². The molecule has 0 spiro atoms. The number of hydrogen-bond donors (Lipinski definition) is 3. The number of rotatable bonds is 6. The van der Waals surface area contributed by atoms with Crippen molar-refractivity contribution < 1.29 is 17.6 Å². The molecular formula is C18H20FN3O3S. The molecule has 0 aromatic heterocycles. The minimum absolute atomic E-state index is 0.173. The summed E-state index contributed by atoms with van der Waals surface area (Å²) in [6, 6.07) is 9.91. The lowest BCUT2D eigenvalue weighted by Crippen LogP contribution is -2.48. The molecule has 0 radical (unpaired) electrons. The summed E-state index contributed by atoms with van der Waals surface area (Å²) < 4.78 is 40.9. The van der Waals surface area contributed by atoms with Gasteiger partial charge in [-0.15, -0.1) is 0 Å². The molecule has 1 aliphatic rings. The van der Waals surface area contributed by atoms with Crippen molar-refractivity contribution in [3.63, 3.8) is 0 Å². The number of carbonyl (C=O) groups excluding carboxylic acids is 1. The van der Waals surface area contributed by atoms with Crippen LogP contribution < -0.4 is 15.4 Å². The highest BCUT2D eigenvalue weighted by atomic mass is 32.2. The third kappa shape index (κ3) is 4.20. The van der Waals surface area contributed by atoms with Crippen LogP contribution in [0.25, 0.3) is 0 Å². The maximum absolute atomic E-state index is 13.7. The first-order valence-electron chi connectivity index (χ1n) is 8.23. The Morgan fingerprint density at radius 1 is 1.23 bits per heavy atom. The third-order valence-electron chi connectivity index (χ3n) is 4.25. The van der Waals surface area contributed by atoms with Gasteiger partial charge in [0.15, 0.2) is 0 Å². The predicted octanol–water partition coefficient (Wildman–Crippen LogP) is 1.88. The molecule has 6 nitrogen and oxygen atoms in total. The minimum Gasteiger partial charge on any atom is -0.352 e. The van der Waals surface area contributed by atoms with Gasteiger partial charge in [-0.25, -0.2) is 12.8 Å². The normalized spacial score (nSPS) is 14.5. The Morgan fingerprint density at radius 2 is 2.00 bits per heavy atom. The maximum atomic E-state index is 13.7. The summed E-state index contributed by atoms with van der Waals surface area (Å²) in [5, 5.41) is 5.96. The van der Waals surface area contributed by atoms with Crippen LogP contribution in [0.2, 0.25) is 0 Å². The second-order valence-corrected chi connectivity index (χ2v) is 8.01. The zero-order chi connectivity index (χ0) is 18.7. The summed E-state index contributed by atoms with van der Waals surface area (Å²) in [6.07, 6.45) is 0. The zero-order valence-electron chi connectivity index (χ0n) is 14.3. The second-order valence-electron chi connectivity index (χ2n) is 6.33. The van der Waals surface area contributed by atoms with Gasteiger partial charge < -0.3 is 10.6 Å². The van der Waals surface area contributed by atoms with Gasteiger partial charge in [0, 0.05) is 36.8 Å². The van der Waals surface area contributed by atoms with E-state index in [-0.39, 0.29) is 16.5 Å². The van der Waals surface area contributed by atoms with E-state index < -0.39 is 15.8 Å². The third-order valence-corrected chi connectivity index (χ3v) is 5.63. The summed E-state index contributed by atoms with van der Waals surface area (Å²) in [5.74, 6) is -0.428. The first-order valence-corrected chi connectivity index (χ1v) is 9.71. The number of carbonyl (C=O) groups is 1. The topological polar surface area (TPSA) is 87.3 Å². The van der Waals surface area contributed by atoms with Crippen LogP contribution in [0.15, 0.2) is 47.4 Å². The van der Waals surface area contributed by atoms with E-state index in [4.69, 9.17) is 0 Å². The highest BCUT2D eigenvalue weighted by Crippen LogP contribution is 2.19. The van der Waals surface area contributed by atoms with Crippen molar-refractivity contribution in [2.45, 2.75) is 11.8 Å². The van der Waals surface area contributed by atoms with Gasteiger partial charge in [-0.05, 0) is 42.8 Å². The number of halogens is 1.